The minimum atomic E-state index is 0.735. The van der Waals surface area contributed by atoms with Gasteiger partial charge in [-0.15, -0.1) is 5.10 Å². The predicted octanol–water partition coefficient (Wildman–Crippen LogP) is 2.70. The first-order valence-electron chi connectivity index (χ1n) is 8.56. The average Bonchev–Trinajstić information content (AvgIpc) is 3.27. The van der Waals surface area contributed by atoms with Crippen molar-refractivity contribution in [3.05, 3.63) is 54.0 Å². The van der Waals surface area contributed by atoms with Gasteiger partial charge in [0.25, 0.3) is 0 Å². The number of hydrogen-bond acceptors (Lipinski definition) is 4. The lowest BCUT2D eigenvalue weighted by molar-refractivity contribution is 0.221. The van der Waals surface area contributed by atoms with Crippen LogP contribution in [0.4, 0.5) is 0 Å². The van der Waals surface area contributed by atoms with E-state index in [1.807, 2.05) is 17.1 Å². The highest BCUT2D eigenvalue weighted by molar-refractivity contribution is 5.54. The molecule has 1 aromatic carbocycles. The van der Waals surface area contributed by atoms with Crippen molar-refractivity contribution >= 4 is 0 Å². The maximum Gasteiger partial charge on any atom is 0.116 e. The predicted molar refractivity (Wildman–Crippen MR) is 92.3 cm³/mol. The van der Waals surface area contributed by atoms with Gasteiger partial charge in [-0.3, -0.25) is 10.00 Å². The van der Waals surface area contributed by atoms with Crippen LogP contribution in [0.15, 0.2) is 42.9 Å². The number of nitrogens with one attached hydrogen (secondary N) is 1. The molecule has 0 spiro atoms. The number of rotatable bonds is 5. The van der Waals surface area contributed by atoms with Crippen LogP contribution in [-0.4, -0.2) is 43.2 Å². The molecular weight excluding hydrogens is 300 g/mol. The molecule has 6 heteroatoms. The Hall–Kier alpha value is -2.47. The Labute approximate surface area is 141 Å². The second-order valence-corrected chi connectivity index (χ2v) is 6.45. The average molecular weight is 322 g/mol. The molecule has 24 heavy (non-hydrogen) atoms. The number of benzene rings is 1. The van der Waals surface area contributed by atoms with E-state index in [9.17, 15) is 0 Å². The van der Waals surface area contributed by atoms with Gasteiger partial charge in [0.2, 0.25) is 0 Å². The fourth-order valence-electron chi connectivity index (χ4n) is 3.29. The first-order valence-corrected chi connectivity index (χ1v) is 8.56. The number of piperidine rings is 1. The van der Waals surface area contributed by atoms with E-state index >= 15 is 0 Å². The molecular formula is C18H22N6. The van der Waals surface area contributed by atoms with E-state index in [4.69, 9.17) is 0 Å². The largest absolute Gasteiger partial charge is 0.299 e. The highest BCUT2D eigenvalue weighted by Gasteiger charge is 2.11. The zero-order valence-electron chi connectivity index (χ0n) is 13.7. The van der Waals surface area contributed by atoms with Crippen molar-refractivity contribution in [1.82, 2.24) is 30.1 Å². The van der Waals surface area contributed by atoms with E-state index in [2.05, 4.69) is 49.7 Å². The Bertz CT molecular complexity index is 770. The van der Waals surface area contributed by atoms with E-state index in [1.54, 1.807) is 6.20 Å². The molecule has 0 amide bonds. The SMILES string of the molecule is c1cc(CN2CCCCC2)cc(Cn2cc(-c3cn[nH]c3)nn2)c1. The number of likely N-dealkylation sites (tertiary alicyclic amines) is 1. The monoisotopic (exact) mass is 322 g/mol. The molecule has 2 aromatic heterocycles. The molecule has 1 aliphatic heterocycles. The van der Waals surface area contributed by atoms with Crippen LogP contribution in [0.1, 0.15) is 30.4 Å². The van der Waals surface area contributed by atoms with Crippen LogP contribution in [0, 0.1) is 0 Å². The van der Waals surface area contributed by atoms with E-state index in [0.29, 0.717) is 0 Å². The topological polar surface area (TPSA) is 62.6 Å². The van der Waals surface area contributed by atoms with E-state index in [1.165, 1.54) is 43.5 Å². The van der Waals surface area contributed by atoms with Gasteiger partial charge in [-0.2, -0.15) is 5.10 Å². The van der Waals surface area contributed by atoms with Crippen LogP contribution in [0.2, 0.25) is 0 Å². The zero-order valence-corrected chi connectivity index (χ0v) is 13.7. The number of aromatic amines is 1. The van der Waals surface area contributed by atoms with Crippen molar-refractivity contribution < 1.29 is 0 Å². The molecule has 0 atom stereocenters. The maximum atomic E-state index is 4.23. The summed E-state index contributed by atoms with van der Waals surface area (Å²) in [6.07, 6.45) is 9.58. The van der Waals surface area contributed by atoms with E-state index in [-0.39, 0.29) is 0 Å². The molecule has 3 aromatic rings. The molecule has 0 bridgehead atoms. The van der Waals surface area contributed by atoms with Gasteiger partial charge in [-0.05, 0) is 37.1 Å². The molecule has 0 unspecified atom stereocenters. The van der Waals surface area contributed by atoms with Gasteiger partial charge in [-0.1, -0.05) is 35.9 Å². The lowest BCUT2D eigenvalue weighted by atomic mass is 10.1. The van der Waals surface area contributed by atoms with Gasteiger partial charge >= 0.3 is 0 Å². The highest BCUT2D eigenvalue weighted by atomic mass is 15.4. The molecule has 0 saturated carbocycles. The molecule has 0 radical (unpaired) electrons. The van der Waals surface area contributed by atoms with Crippen LogP contribution >= 0.6 is 0 Å². The first-order chi connectivity index (χ1) is 11.9. The summed E-state index contributed by atoms with van der Waals surface area (Å²) < 4.78 is 1.88. The first kappa shape index (κ1) is 15.1. The molecule has 1 N–H and O–H groups in total. The van der Waals surface area contributed by atoms with E-state index in [0.717, 1.165) is 24.3 Å². The number of aromatic nitrogens is 5. The van der Waals surface area contributed by atoms with Crippen molar-refractivity contribution in [3.63, 3.8) is 0 Å². The Balaban J connectivity index is 1.44. The van der Waals surface area contributed by atoms with E-state index < -0.39 is 0 Å². The smallest absolute Gasteiger partial charge is 0.116 e. The second-order valence-electron chi connectivity index (χ2n) is 6.45. The Morgan fingerprint density at radius 2 is 1.88 bits per heavy atom. The molecule has 1 aliphatic rings. The summed E-state index contributed by atoms with van der Waals surface area (Å²) >= 11 is 0. The van der Waals surface area contributed by atoms with Crippen LogP contribution < -0.4 is 0 Å². The second kappa shape index (κ2) is 6.97. The summed E-state index contributed by atoms with van der Waals surface area (Å²) in [5.74, 6) is 0. The molecule has 6 nitrogen and oxygen atoms in total. The highest BCUT2D eigenvalue weighted by Crippen LogP contribution is 2.16. The molecule has 3 heterocycles. The molecule has 124 valence electrons. The molecule has 1 fully saturated rings. The van der Waals surface area contributed by atoms with Crippen molar-refractivity contribution in [2.45, 2.75) is 32.4 Å². The Kier molecular flexibility index (Phi) is 4.38. The number of nitrogens with zero attached hydrogens (tertiary/aromatic N) is 5. The Morgan fingerprint density at radius 1 is 1.04 bits per heavy atom. The van der Waals surface area contributed by atoms with Gasteiger partial charge in [0.05, 0.1) is 18.9 Å². The van der Waals surface area contributed by atoms with Crippen molar-refractivity contribution in [3.8, 4) is 11.3 Å². The fraction of sp³-hybridized carbons (Fsp3) is 0.389. The van der Waals surface area contributed by atoms with Crippen LogP contribution in [0.5, 0.6) is 0 Å². The van der Waals surface area contributed by atoms with Gasteiger partial charge in [0.1, 0.15) is 5.69 Å². The van der Waals surface area contributed by atoms with Crippen molar-refractivity contribution in [2.75, 3.05) is 13.1 Å². The van der Waals surface area contributed by atoms with Gasteiger partial charge in [0.15, 0.2) is 0 Å². The third-order valence-electron chi connectivity index (χ3n) is 4.52. The van der Waals surface area contributed by atoms with Gasteiger partial charge in [0, 0.05) is 18.3 Å². The fourth-order valence-corrected chi connectivity index (χ4v) is 3.29. The summed E-state index contributed by atoms with van der Waals surface area (Å²) in [4.78, 5) is 2.55. The third kappa shape index (κ3) is 3.54. The summed E-state index contributed by atoms with van der Waals surface area (Å²) in [7, 11) is 0. The minimum absolute atomic E-state index is 0.735. The molecule has 4 rings (SSSR count). The van der Waals surface area contributed by atoms with Crippen molar-refractivity contribution in [2.24, 2.45) is 0 Å². The number of H-pyrrole nitrogens is 1. The zero-order chi connectivity index (χ0) is 16.2. The lowest BCUT2D eigenvalue weighted by Gasteiger charge is -2.26. The van der Waals surface area contributed by atoms with Gasteiger partial charge < -0.3 is 0 Å². The van der Waals surface area contributed by atoms with Crippen molar-refractivity contribution in [1.29, 1.82) is 0 Å². The maximum absolute atomic E-state index is 4.23. The summed E-state index contributed by atoms with van der Waals surface area (Å²) in [5, 5.41) is 15.2. The number of hydrogen-bond donors (Lipinski definition) is 1. The summed E-state index contributed by atoms with van der Waals surface area (Å²) in [6.45, 7) is 4.23. The Morgan fingerprint density at radius 3 is 2.67 bits per heavy atom. The van der Waals surface area contributed by atoms with Crippen LogP contribution in [0.3, 0.4) is 0 Å². The lowest BCUT2D eigenvalue weighted by Crippen LogP contribution is -2.29. The van der Waals surface area contributed by atoms with Gasteiger partial charge in [-0.25, -0.2) is 4.68 Å². The normalized spacial score (nSPS) is 15.7. The van der Waals surface area contributed by atoms with Crippen LogP contribution in [0.25, 0.3) is 11.3 Å². The summed E-state index contributed by atoms with van der Waals surface area (Å²) in [5.41, 5.74) is 4.44. The quantitative estimate of drug-likeness (QED) is 0.784. The minimum Gasteiger partial charge on any atom is -0.299 e. The van der Waals surface area contributed by atoms with Crippen LogP contribution in [-0.2, 0) is 13.1 Å². The molecule has 1 saturated heterocycles. The summed E-state index contributed by atoms with van der Waals surface area (Å²) in [6, 6.07) is 8.80. The standard InChI is InChI=1S/C18H22N6/c1-2-7-23(8-3-1)12-15-5-4-6-16(9-15)13-24-14-18(21-22-24)17-10-19-20-11-17/h4-6,9-11,14H,1-3,7-8,12-13H2,(H,19,20). The third-order valence-corrected chi connectivity index (χ3v) is 4.52. The molecule has 0 aliphatic carbocycles.